The number of nitrogens with zero attached hydrogens (tertiary/aromatic N) is 5. The number of hydrogen-bond donors (Lipinski definition) is 1. The van der Waals surface area contributed by atoms with Gasteiger partial charge in [-0.2, -0.15) is 0 Å². The molecule has 0 spiro atoms. The van der Waals surface area contributed by atoms with Gasteiger partial charge in [-0.15, -0.1) is 0 Å². The van der Waals surface area contributed by atoms with Gasteiger partial charge in [-0.3, -0.25) is 9.78 Å². The van der Waals surface area contributed by atoms with Crippen molar-refractivity contribution in [2.24, 2.45) is 0 Å². The third kappa shape index (κ3) is 3.29. The molecule has 0 aliphatic carbocycles. The van der Waals surface area contributed by atoms with Crippen LogP contribution in [0.15, 0.2) is 55.0 Å². The van der Waals surface area contributed by atoms with Gasteiger partial charge in [-0.25, -0.2) is 14.8 Å². The molecule has 27 heavy (non-hydrogen) atoms. The van der Waals surface area contributed by atoms with Crippen LogP contribution in [0.3, 0.4) is 0 Å². The molecule has 1 saturated heterocycles. The standard InChI is InChI=1S/C19H17N5O3/c25-17(14-10-13-4-1-2-5-15(13)22-11-14)24-9-8-23(12-16(24)18(26)27)19-20-6-3-7-21-19/h1-7,10-11,16H,8-9,12H2,(H,26,27). The number of fused-ring (bicyclic) bond motifs is 1. The van der Waals surface area contributed by atoms with E-state index in [0.717, 1.165) is 10.9 Å². The highest BCUT2D eigenvalue weighted by Gasteiger charge is 2.36. The Kier molecular flexibility index (Phi) is 4.37. The number of aromatic nitrogens is 3. The van der Waals surface area contributed by atoms with Crippen LogP contribution in [-0.2, 0) is 4.79 Å². The Morgan fingerprint density at radius 3 is 2.59 bits per heavy atom. The topological polar surface area (TPSA) is 99.5 Å². The number of amides is 1. The first-order valence-electron chi connectivity index (χ1n) is 8.54. The lowest BCUT2D eigenvalue weighted by atomic mass is 10.1. The number of hydrogen-bond acceptors (Lipinski definition) is 6. The molecule has 1 amide bonds. The van der Waals surface area contributed by atoms with Crippen LogP contribution in [0.25, 0.3) is 10.9 Å². The van der Waals surface area contributed by atoms with E-state index in [1.165, 1.54) is 11.1 Å². The van der Waals surface area contributed by atoms with Crippen LogP contribution in [0.5, 0.6) is 0 Å². The molecule has 4 rings (SSSR count). The molecular formula is C19H17N5O3. The van der Waals surface area contributed by atoms with Gasteiger partial charge in [0.2, 0.25) is 5.95 Å². The molecule has 8 nitrogen and oxygen atoms in total. The molecule has 136 valence electrons. The van der Waals surface area contributed by atoms with E-state index < -0.39 is 12.0 Å². The van der Waals surface area contributed by atoms with Gasteiger partial charge in [-0.05, 0) is 18.2 Å². The number of aliphatic carboxylic acids is 1. The van der Waals surface area contributed by atoms with E-state index in [-0.39, 0.29) is 19.0 Å². The number of carbonyl (C=O) groups excluding carboxylic acids is 1. The number of carboxylic acid groups (broad SMARTS) is 1. The second-order valence-electron chi connectivity index (χ2n) is 6.26. The van der Waals surface area contributed by atoms with Crippen molar-refractivity contribution in [2.75, 3.05) is 24.5 Å². The van der Waals surface area contributed by atoms with E-state index in [1.807, 2.05) is 24.3 Å². The Labute approximate surface area is 155 Å². The molecule has 1 unspecified atom stereocenters. The number of anilines is 1. The average Bonchev–Trinajstić information content (AvgIpc) is 2.73. The highest BCUT2D eigenvalue weighted by molar-refractivity contribution is 5.99. The smallest absolute Gasteiger partial charge is 0.328 e. The second-order valence-corrected chi connectivity index (χ2v) is 6.26. The van der Waals surface area contributed by atoms with Gasteiger partial charge in [0.05, 0.1) is 17.6 Å². The number of pyridine rings is 1. The number of carboxylic acids is 1. The molecule has 1 aromatic carbocycles. The molecule has 3 heterocycles. The van der Waals surface area contributed by atoms with Crippen molar-refractivity contribution >= 4 is 28.7 Å². The Bertz CT molecular complexity index is 995. The largest absolute Gasteiger partial charge is 0.480 e. The molecule has 2 aromatic heterocycles. The molecule has 8 heteroatoms. The maximum absolute atomic E-state index is 13.0. The summed E-state index contributed by atoms with van der Waals surface area (Å²) in [6, 6.07) is 9.95. The number of piperazine rings is 1. The van der Waals surface area contributed by atoms with Gasteiger partial charge >= 0.3 is 5.97 Å². The summed E-state index contributed by atoms with van der Waals surface area (Å²) in [5.41, 5.74) is 1.17. The van der Waals surface area contributed by atoms with E-state index in [1.54, 1.807) is 29.4 Å². The van der Waals surface area contributed by atoms with Crippen molar-refractivity contribution in [2.45, 2.75) is 6.04 Å². The minimum absolute atomic E-state index is 0.131. The molecule has 0 bridgehead atoms. The molecule has 3 aromatic rings. The van der Waals surface area contributed by atoms with Gasteiger partial charge in [0.1, 0.15) is 6.04 Å². The minimum atomic E-state index is -1.06. The quantitative estimate of drug-likeness (QED) is 0.751. The molecule has 0 saturated carbocycles. The molecule has 0 radical (unpaired) electrons. The number of para-hydroxylation sites is 1. The normalized spacial score (nSPS) is 17.1. The molecular weight excluding hydrogens is 346 g/mol. The molecule has 1 N–H and O–H groups in total. The van der Waals surface area contributed by atoms with E-state index in [4.69, 9.17) is 0 Å². The summed E-state index contributed by atoms with van der Waals surface area (Å²) in [6.45, 7) is 0.855. The van der Waals surface area contributed by atoms with E-state index >= 15 is 0 Å². The molecule has 1 atom stereocenters. The Balaban J connectivity index is 1.59. The van der Waals surface area contributed by atoms with E-state index in [2.05, 4.69) is 15.0 Å². The summed E-state index contributed by atoms with van der Waals surface area (Å²) in [7, 11) is 0. The van der Waals surface area contributed by atoms with Crippen LogP contribution in [-0.4, -0.2) is 62.5 Å². The average molecular weight is 363 g/mol. The first kappa shape index (κ1) is 16.9. The fourth-order valence-corrected chi connectivity index (χ4v) is 3.23. The predicted octanol–water partition coefficient (Wildman–Crippen LogP) is 1.44. The first-order valence-corrected chi connectivity index (χ1v) is 8.54. The minimum Gasteiger partial charge on any atom is -0.480 e. The monoisotopic (exact) mass is 363 g/mol. The zero-order valence-corrected chi connectivity index (χ0v) is 14.4. The maximum atomic E-state index is 13.0. The molecule has 1 aliphatic rings. The number of benzene rings is 1. The summed E-state index contributed by atoms with van der Waals surface area (Å²) < 4.78 is 0. The van der Waals surface area contributed by atoms with Crippen LogP contribution < -0.4 is 4.90 Å². The summed E-state index contributed by atoms with van der Waals surface area (Å²) in [5.74, 6) is -0.935. The van der Waals surface area contributed by atoms with Crippen molar-refractivity contribution in [3.05, 3.63) is 60.6 Å². The van der Waals surface area contributed by atoms with Crippen LogP contribution in [0.4, 0.5) is 5.95 Å². The lowest BCUT2D eigenvalue weighted by Crippen LogP contribution is -2.58. The first-order chi connectivity index (χ1) is 13.1. The zero-order chi connectivity index (χ0) is 18.8. The maximum Gasteiger partial charge on any atom is 0.328 e. The van der Waals surface area contributed by atoms with Crippen LogP contribution in [0.1, 0.15) is 10.4 Å². The van der Waals surface area contributed by atoms with Gasteiger partial charge in [0.15, 0.2) is 0 Å². The second kappa shape index (κ2) is 6.99. The van der Waals surface area contributed by atoms with Gasteiger partial charge in [0.25, 0.3) is 5.91 Å². The van der Waals surface area contributed by atoms with Crippen LogP contribution in [0, 0.1) is 0 Å². The number of carbonyl (C=O) groups is 2. The van der Waals surface area contributed by atoms with Gasteiger partial charge in [0, 0.05) is 37.1 Å². The summed E-state index contributed by atoms with van der Waals surface area (Å²) in [4.78, 5) is 40.6. The number of rotatable bonds is 3. The summed E-state index contributed by atoms with van der Waals surface area (Å²) >= 11 is 0. The SMILES string of the molecule is O=C(O)C1CN(c2ncccn2)CCN1C(=O)c1cnc2ccccc2c1. The highest BCUT2D eigenvalue weighted by Crippen LogP contribution is 2.19. The van der Waals surface area contributed by atoms with Gasteiger partial charge < -0.3 is 14.9 Å². The molecule has 1 fully saturated rings. The summed E-state index contributed by atoms with van der Waals surface area (Å²) in [6.07, 6.45) is 4.71. The Morgan fingerprint density at radius 2 is 1.81 bits per heavy atom. The van der Waals surface area contributed by atoms with E-state index in [0.29, 0.717) is 18.1 Å². The van der Waals surface area contributed by atoms with Crippen LogP contribution in [0.2, 0.25) is 0 Å². The fraction of sp³-hybridized carbons (Fsp3) is 0.211. The zero-order valence-electron chi connectivity index (χ0n) is 14.4. The predicted molar refractivity (Wildman–Crippen MR) is 98.4 cm³/mol. The highest BCUT2D eigenvalue weighted by atomic mass is 16.4. The lowest BCUT2D eigenvalue weighted by Gasteiger charge is -2.39. The van der Waals surface area contributed by atoms with Crippen molar-refractivity contribution < 1.29 is 14.7 Å². The van der Waals surface area contributed by atoms with Crippen molar-refractivity contribution in [1.82, 2.24) is 19.9 Å². The van der Waals surface area contributed by atoms with Crippen LogP contribution >= 0.6 is 0 Å². The Hall–Kier alpha value is -3.55. The Morgan fingerprint density at radius 1 is 1.04 bits per heavy atom. The molecule has 1 aliphatic heterocycles. The lowest BCUT2D eigenvalue weighted by molar-refractivity contribution is -0.142. The van der Waals surface area contributed by atoms with Crippen molar-refractivity contribution in [3.8, 4) is 0 Å². The third-order valence-electron chi connectivity index (χ3n) is 4.60. The summed E-state index contributed by atoms with van der Waals surface area (Å²) in [5, 5.41) is 10.5. The van der Waals surface area contributed by atoms with Crippen molar-refractivity contribution in [3.63, 3.8) is 0 Å². The third-order valence-corrected chi connectivity index (χ3v) is 4.60. The van der Waals surface area contributed by atoms with E-state index in [9.17, 15) is 14.7 Å². The fourth-order valence-electron chi connectivity index (χ4n) is 3.23. The van der Waals surface area contributed by atoms with Gasteiger partial charge in [-0.1, -0.05) is 18.2 Å². The van der Waals surface area contributed by atoms with Crippen molar-refractivity contribution in [1.29, 1.82) is 0 Å².